The highest BCUT2D eigenvalue weighted by Gasteiger charge is 2.45. The van der Waals surface area contributed by atoms with Crippen LogP contribution in [0.4, 0.5) is 176 Å². The summed E-state index contributed by atoms with van der Waals surface area (Å²) < 4.78 is 645. The van der Waals surface area contributed by atoms with Crippen molar-refractivity contribution in [1.29, 1.82) is 0 Å². The number of H-pyrrole nitrogens is 2. The van der Waals surface area contributed by atoms with Gasteiger partial charge in [-0.3, -0.25) is 4.99 Å². The van der Waals surface area contributed by atoms with Crippen LogP contribution in [0.5, 0.6) is 0 Å². The summed E-state index contributed by atoms with van der Waals surface area (Å²) in [7, 11) is 0. The number of nitrogens with one attached hydrogen (secondary N) is 2. The van der Waals surface area contributed by atoms with E-state index in [4.69, 9.17) is 0 Å². The number of halogens is 40. The van der Waals surface area contributed by atoms with Crippen molar-refractivity contribution in [3.05, 3.63) is 425 Å². The van der Waals surface area contributed by atoms with Crippen molar-refractivity contribution in [1.82, 2.24) is 9.97 Å². The van der Waals surface area contributed by atoms with Crippen molar-refractivity contribution in [2.75, 3.05) is 0 Å². The Morgan fingerprint density at radius 2 is 0.375 bits per heavy atom. The molecular weight excluding hydrogens is 1930 g/mol. The lowest BCUT2D eigenvalue weighted by Crippen LogP contribution is -2.24. The number of aromatic amines is 2. The van der Waals surface area contributed by atoms with E-state index in [0.717, 1.165) is 0 Å². The molecule has 10 aromatic rings. The Hall–Kier alpha value is -15.6. The normalized spacial score (nSPS) is 20.0. The molecule has 8 aromatic carbocycles. The molecular formula is C88H20F40N8. The number of aromatic nitrogens is 2. The fourth-order valence-corrected chi connectivity index (χ4v) is 15.3. The van der Waals surface area contributed by atoms with Gasteiger partial charge in [-0.05, 0) is 91.1 Å². The first-order valence-corrected chi connectivity index (χ1v) is 36.8. The molecule has 0 amide bonds. The van der Waals surface area contributed by atoms with Crippen LogP contribution in [0, 0.1) is 233 Å². The minimum atomic E-state index is -3.11. The second-order valence-electron chi connectivity index (χ2n) is 28.8. The van der Waals surface area contributed by atoms with Crippen molar-refractivity contribution in [2.45, 2.75) is 12.0 Å². The summed E-state index contributed by atoms with van der Waals surface area (Å²) in [6.07, 6.45) is 2.59. The molecule has 48 heteroatoms. The Balaban J connectivity index is 1.07. The van der Waals surface area contributed by atoms with Gasteiger partial charge >= 0.3 is 0 Å². The molecule has 692 valence electrons. The molecule has 7 aliphatic heterocycles. The number of fused-ring (bicyclic) bond motifs is 10. The van der Waals surface area contributed by atoms with E-state index in [1.165, 1.54) is 0 Å². The molecule has 0 radical (unpaired) electrons. The Bertz CT molecular complexity index is 7830. The third kappa shape index (κ3) is 13.8. The highest BCUT2D eigenvalue weighted by molar-refractivity contribution is 6.39. The van der Waals surface area contributed by atoms with Crippen LogP contribution in [0.15, 0.2) is 156 Å². The Kier molecular flexibility index (Phi) is 22.6. The van der Waals surface area contributed by atoms with E-state index in [-0.39, 0.29) is 85.0 Å². The van der Waals surface area contributed by atoms with Gasteiger partial charge in [-0.25, -0.2) is 201 Å². The molecule has 0 fully saturated rings. The smallest absolute Gasteiger partial charge is 0.200 e. The van der Waals surface area contributed by atoms with E-state index in [9.17, 15) is 0 Å². The van der Waals surface area contributed by atoms with Crippen molar-refractivity contribution in [3.63, 3.8) is 0 Å². The van der Waals surface area contributed by atoms with Crippen molar-refractivity contribution in [2.24, 2.45) is 30.0 Å². The molecule has 2 unspecified atom stereocenters. The number of allylic oxidation sites excluding steroid dienone is 15. The monoisotopic (exact) mass is 1950 g/mol. The van der Waals surface area contributed by atoms with Crippen LogP contribution in [0.2, 0.25) is 0 Å². The summed E-state index contributed by atoms with van der Waals surface area (Å²) in [5.74, 6) is -124. The van der Waals surface area contributed by atoms with Crippen molar-refractivity contribution >= 4 is 73.3 Å². The zero-order valence-electron chi connectivity index (χ0n) is 64.2. The van der Waals surface area contributed by atoms with E-state index >= 15 is 176 Å². The van der Waals surface area contributed by atoms with Gasteiger partial charge in [0.2, 0.25) is 46.5 Å². The number of nitrogens with zero attached hydrogens (tertiary/aromatic N) is 6. The van der Waals surface area contributed by atoms with Gasteiger partial charge in [0, 0.05) is 66.7 Å². The first-order chi connectivity index (χ1) is 64.2. The van der Waals surface area contributed by atoms with Gasteiger partial charge < -0.3 is 9.97 Å². The molecule has 0 spiro atoms. The molecule has 16 bridgehead atoms. The number of benzene rings is 8. The predicted octanol–water partition coefficient (Wildman–Crippen LogP) is 23.0. The molecule has 0 saturated carbocycles. The molecule has 17 rings (SSSR count). The highest BCUT2D eigenvalue weighted by Crippen LogP contribution is 2.49. The topological polar surface area (TPSA) is 106 Å². The fourth-order valence-electron chi connectivity index (χ4n) is 15.3. The maximum absolute atomic E-state index is 16.9. The van der Waals surface area contributed by atoms with Gasteiger partial charge in [-0.2, -0.15) is 0 Å². The van der Waals surface area contributed by atoms with Crippen molar-refractivity contribution in [3.8, 4) is 0 Å². The van der Waals surface area contributed by atoms with E-state index < -0.39 is 413 Å². The summed E-state index contributed by atoms with van der Waals surface area (Å²) in [6.45, 7) is 0. The Morgan fingerprint density at radius 3 is 0.625 bits per heavy atom. The second-order valence-corrected chi connectivity index (χ2v) is 28.8. The Labute approximate surface area is 723 Å². The largest absolute Gasteiger partial charge is 0.358 e. The third-order valence-corrected chi connectivity index (χ3v) is 21.4. The molecule has 2 atom stereocenters. The maximum atomic E-state index is 16.9. The van der Waals surface area contributed by atoms with Gasteiger partial charge in [-0.1, -0.05) is 6.08 Å². The number of aliphatic imine (C=N–C) groups is 6. The van der Waals surface area contributed by atoms with Crippen LogP contribution in [0.25, 0.3) is 39.0 Å². The molecule has 9 heterocycles. The Morgan fingerprint density at radius 1 is 0.176 bits per heavy atom. The van der Waals surface area contributed by atoms with Crippen LogP contribution in [0.3, 0.4) is 0 Å². The van der Waals surface area contributed by atoms with Crippen molar-refractivity contribution < 1.29 is 176 Å². The van der Waals surface area contributed by atoms with Crippen LogP contribution >= 0.6 is 0 Å². The van der Waals surface area contributed by atoms with E-state index in [0.29, 0.717) is 12.1 Å². The van der Waals surface area contributed by atoms with Gasteiger partial charge in [0.1, 0.15) is 0 Å². The molecule has 2 aromatic heterocycles. The first-order valence-electron chi connectivity index (χ1n) is 36.8. The van der Waals surface area contributed by atoms with Gasteiger partial charge in [0.05, 0.1) is 114 Å². The first kappa shape index (κ1) is 92.3. The van der Waals surface area contributed by atoms with E-state index in [1.54, 1.807) is 0 Å². The zero-order valence-corrected chi connectivity index (χ0v) is 64.2. The van der Waals surface area contributed by atoms with Gasteiger partial charge in [0.15, 0.2) is 186 Å². The third-order valence-electron chi connectivity index (χ3n) is 21.4. The lowest BCUT2D eigenvalue weighted by Gasteiger charge is -2.22. The number of hydrogen-bond acceptors (Lipinski definition) is 6. The predicted molar refractivity (Wildman–Crippen MR) is 394 cm³/mol. The molecule has 7 aliphatic rings. The zero-order chi connectivity index (χ0) is 98.5. The molecule has 0 saturated heterocycles. The highest BCUT2D eigenvalue weighted by atomic mass is 19.2. The quantitative estimate of drug-likeness (QED) is 0.0859. The molecule has 2 N–H and O–H groups in total. The van der Waals surface area contributed by atoms with Crippen LogP contribution < -0.4 is 10.7 Å². The summed E-state index contributed by atoms with van der Waals surface area (Å²) in [5.41, 5.74) is -51.7. The van der Waals surface area contributed by atoms with Gasteiger partial charge in [0.25, 0.3) is 0 Å². The summed E-state index contributed by atoms with van der Waals surface area (Å²) in [5, 5.41) is -2.95. The molecule has 136 heavy (non-hydrogen) atoms. The second kappa shape index (κ2) is 33.3. The van der Waals surface area contributed by atoms with Gasteiger partial charge in [-0.15, -0.1) is 0 Å². The fraction of sp³-hybridized carbons (Fsp3) is 0.0227. The van der Waals surface area contributed by atoms with Crippen LogP contribution in [-0.2, 0) is 0 Å². The van der Waals surface area contributed by atoms with E-state index in [1.807, 2.05) is 9.97 Å². The summed E-state index contributed by atoms with van der Waals surface area (Å²) in [4.78, 5) is 27.2. The SMILES string of the molecule is Fc1c(F)c(F)c(/C2=C3\C=CC(=N3)/C(c3c(F)c(F)c(F)c(F)c3F)=C3/C=CC(=N3)/C(c3c(F)c(F)c(F)c(F)c3F)=c3/cc/c([nH]3)=C(\c3c(F)c(F)c(F)c(F)c3F)C3=N/C(=C(/c4c(F)c(F)c(F)c(F)c4F)C4=N/C(=C(\c5c(F)c(F)c(F)c(F)c5F)C5=NC(C=C5)C(c5c(F)c(F)c(F)c(F)c5F)c5ccc([nH]5)/C(c5c(F)c(F)c(F)c(F)c5F)=C5/C=CC2=N5)C=C4)C=C3)c(F)c1F. The standard InChI is InChI=1S/C88H20F40N8/c89-49-41(50(90)66(106)81(121)65(49)105)33-17-1-2-18(129-17)34(42-51(91)67(107)82(122)68(108)52(42)92)20-5-6-22(131-20)36(44-55(95)71(111)84(124)72(112)56(44)96)24-9-10-26(133-24)38(46-59(99)75(115)86(126)76(116)60(46)100)28-13-14-30(135-28)40(48-63(103)79(119)88(128)80(120)64(48)104)32-16-15-31(136-32)39(47-61(101)77(117)87(127)78(118)62(47)102)29-12-11-27(134-29)37(45-57(97)73(113)85(125)74(114)58(45)98)25-8-7-23(132-25)35(21-4-3-19(33)130-21)43-53(93)69(109)83(123)70(110)54(43)94/h1-17,33,130,135H/b34-20-,35-23+,36-24+,37-27+,38-28+,39-31+,40-30+. The molecule has 0 aliphatic carbocycles. The summed E-state index contributed by atoms with van der Waals surface area (Å²) in [6, 6.07) is -1.75. The number of hydrogen-bond donors (Lipinski definition) is 2. The average Bonchev–Trinajstić information content (AvgIpc) is 1.58. The minimum Gasteiger partial charge on any atom is -0.358 e. The number of rotatable bonds is 8. The minimum absolute atomic E-state index is 0.193. The van der Waals surface area contributed by atoms with Crippen LogP contribution in [-0.4, -0.2) is 50.3 Å². The molecule has 8 nitrogen and oxygen atoms in total. The summed E-state index contributed by atoms with van der Waals surface area (Å²) >= 11 is 0. The average molecular weight is 1950 g/mol. The van der Waals surface area contributed by atoms with E-state index in [2.05, 4.69) is 30.0 Å². The van der Waals surface area contributed by atoms with Crippen LogP contribution in [0.1, 0.15) is 61.8 Å². The lowest BCUT2D eigenvalue weighted by atomic mass is 9.88. The lowest BCUT2D eigenvalue weighted by molar-refractivity contribution is 0.364. The maximum Gasteiger partial charge on any atom is 0.200 e.